The Labute approximate surface area is 124 Å². The van der Waals surface area contributed by atoms with Crippen molar-refractivity contribution in [2.75, 3.05) is 5.32 Å². The third-order valence-electron chi connectivity index (χ3n) is 3.71. The monoisotopic (exact) mass is 278 g/mol. The zero-order valence-corrected chi connectivity index (χ0v) is 12.3. The lowest BCUT2D eigenvalue weighted by Gasteiger charge is -2.07. The second-order valence-corrected chi connectivity index (χ2v) is 5.28. The first-order chi connectivity index (χ1) is 10.1. The normalized spacial score (nSPS) is 10.8. The molecule has 1 N–H and O–H groups in total. The van der Waals surface area contributed by atoms with E-state index in [2.05, 4.69) is 35.6 Å². The molecule has 0 aliphatic carbocycles. The summed E-state index contributed by atoms with van der Waals surface area (Å²) in [6.07, 6.45) is 1.90. The van der Waals surface area contributed by atoms with Crippen LogP contribution >= 0.6 is 0 Å². The molecule has 2 aromatic carbocycles. The Morgan fingerprint density at radius 3 is 2.62 bits per heavy atom. The van der Waals surface area contributed by atoms with Crippen molar-refractivity contribution in [3.8, 4) is 0 Å². The minimum Gasteiger partial charge on any atom is -0.381 e. The predicted molar refractivity (Wildman–Crippen MR) is 86.7 cm³/mol. The first-order valence-corrected chi connectivity index (χ1v) is 7.03. The molecule has 0 saturated heterocycles. The van der Waals surface area contributed by atoms with Crippen LogP contribution in [0.4, 0.5) is 5.69 Å². The fraction of sp³-hybridized carbons (Fsp3) is 0.167. The first kappa shape index (κ1) is 13.4. The van der Waals surface area contributed by atoms with Crippen LogP contribution in [-0.4, -0.2) is 10.4 Å². The Balaban J connectivity index is 1.90. The quantitative estimate of drug-likeness (QED) is 0.732. The van der Waals surface area contributed by atoms with Crippen molar-refractivity contribution in [1.82, 2.24) is 4.57 Å². The van der Waals surface area contributed by atoms with Gasteiger partial charge in [-0.05, 0) is 30.7 Å². The minimum absolute atomic E-state index is 0.0980. The molecule has 0 unspecified atom stereocenters. The average molecular weight is 278 g/mol. The summed E-state index contributed by atoms with van der Waals surface area (Å²) in [7, 11) is 1.96. The van der Waals surface area contributed by atoms with Crippen LogP contribution in [0.3, 0.4) is 0 Å². The molecule has 1 heterocycles. The van der Waals surface area contributed by atoms with Crippen LogP contribution in [0.15, 0.2) is 54.7 Å². The van der Waals surface area contributed by atoms with E-state index in [1.54, 1.807) is 6.92 Å². The van der Waals surface area contributed by atoms with Gasteiger partial charge < -0.3 is 9.88 Å². The van der Waals surface area contributed by atoms with E-state index in [-0.39, 0.29) is 5.78 Å². The number of hydrogen-bond donors (Lipinski definition) is 1. The van der Waals surface area contributed by atoms with E-state index < -0.39 is 0 Å². The number of nitrogens with zero attached hydrogens (tertiary/aromatic N) is 1. The SMILES string of the molecule is CC(=O)c1cn(C)c2ccc(NCc3ccccc3)cc12. The lowest BCUT2D eigenvalue weighted by molar-refractivity contribution is 0.101. The van der Waals surface area contributed by atoms with Gasteiger partial charge in [0.1, 0.15) is 0 Å². The van der Waals surface area contributed by atoms with Crippen LogP contribution in [-0.2, 0) is 13.6 Å². The van der Waals surface area contributed by atoms with Crippen LogP contribution < -0.4 is 5.32 Å². The molecule has 0 bridgehead atoms. The number of benzene rings is 2. The summed E-state index contributed by atoms with van der Waals surface area (Å²) in [5.41, 5.74) is 4.11. The van der Waals surface area contributed by atoms with Crippen LogP contribution in [0.1, 0.15) is 22.8 Å². The molecule has 0 saturated carbocycles. The molecule has 21 heavy (non-hydrogen) atoms. The van der Waals surface area contributed by atoms with Crippen LogP contribution in [0.5, 0.6) is 0 Å². The van der Waals surface area contributed by atoms with Crippen molar-refractivity contribution in [2.45, 2.75) is 13.5 Å². The van der Waals surface area contributed by atoms with Crippen molar-refractivity contribution < 1.29 is 4.79 Å². The third kappa shape index (κ3) is 2.68. The summed E-state index contributed by atoms with van der Waals surface area (Å²) in [5.74, 6) is 0.0980. The molecule has 3 heteroatoms. The van der Waals surface area contributed by atoms with E-state index in [9.17, 15) is 4.79 Å². The second kappa shape index (κ2) is 5.44. The smallest absolute Gasteiger partial charge is 0.161 e. The Kier molecular flexibility index (Phi) is 3.48. The molecule has 3 aromatic rings. The predicted octanol–water partition coefficient (Wildman–Crippen LogP) is 3.99. The van der Waals surface area contributed by atoms with E-state index in [1.807, 2.05) is 36.0 Å². The number of anilines is 1. The van der Waals surface area contributed by atoms with Crippen molar-refractivity contribution in [1.29, 1.82) is 0 Å². The van der Waals surface area contributed by atoms with E-state index in [4.69, 9.17) is 0 Å². The van der Waals surface area contributed by atoms with Gasteiger partial charge in [0.05, 0.1) is 0 Å². The fourth-order valence-corrected chi connectivity index (χ4v) is 2.58. The van der Waals surface area contributed by atoms with Gasteiger partial charge in [0.2, 0.25) is 0 Å². The van der Waals surface area contributed by atoms with Gasteiger partial charge in [0.15, 0.2) is 5.78 Å². The number of rotatable bonds is 4. The number of carbonyl (C=O) groups is 1. The first-order valence-electron chi connectivity index (χ1n) is 7.03. The van der Waals surface area contributed by atoms with Gasteiger partial charge in [-0.2, -0.15) is 0 Å². The van der Waals surface area contributed by atoms with E-state index in [0.717, 1.165) is 28.7 Å². The highest BCUT2D eigenvalue weighted by molar-refractivity contribution is 6.07. The molecule has 3 nitrogen and oxygen atoms in total. The molecule has 0 amide bonds. The third-order valence-corrected chi connectivity index (χ3v) is 3.71. The zero-order valence-electron chi connectivity index (χ0n) is 12.3. The zero-order chi connectivity index (χ0) is 14.8. The molecule has 106 valence electrons. The summed E-state index contributed by atoms with van der Waals surface area (Å²) in [6, 6.07) is 16.4. The van der Waals surface area contributed by atoms with E-state index in [1.165, 1.54) is 5.56 Å². The molecule has 0 spiro atoms. The fourth-order valence-electron chi connectivity index (χ4n) is 2.58. The highest BCUT2D eigenvalue weighted by Crippen LogP contribution is 2.25. The number of aromatic nitrogens is 1. The number of nitrogens with one attached hydrogen (secondary N) is 1. The number of hydrogen-bond acceptors (Lipinski definition) is 2. The summed E-state index contributed by atoms with van der Waals surface area (Å²) in [5, 5.41) is 4.41. The Morgan fingerprint density at radius 2 is 1.90 bits per heavy atom. The topological polar surface area (TPSA) is 34.0 Å². The minimum atomic E-state index is 0.0980. The van der Waals surface area contributed by atoms with Gasteiger partial charge in [0.25, 0.3) is 0 Å². The Hall–Kier alpha value is -2.55. The molecule has 0 fully saturated rings. The van der Waals surface area contributed by atoms with Gasteiger partial charge in [-0.1, -0.05) is 30.3 Å². The van der Waals surface area contributed by atoms with Crippen molar-refractivity contribution in [3.05, 3.63) is 65.9 Å². The molecule has 3 rings (SSSR count). The molecular formula is C18H18N2O. The Bertz CT molecular complexity index is 788. The standard InChI is InChI=1S/C18H18N2O/c1-13(21)17-12-20(2)18-9-8-15(10-16(17)18)19-11-14-6-4-3-5-7-14/h3-10,12,19H,11H2,1-2H3. The average Bonchev–Trinajstić information content (AvgIpc) is 2.83. The number of ketones is 1. The molecular weight excluding hydrogens is 260 g/mol. The summed E-state index contributed by atoms with van der Waals surface area (Å²) in [4.78, 5) is 11.7. The molecule has 0 radical (unpaired) electrons. The number of carbonyl (C=O) groups excluding carboxylic acids is 1. The summed E-state index contributed by atoms with van der Waals surface area (Å²) in [6.45, 7) is 2.38. The van der Waals surface area contributed by atoms with Crippen molar-refractivity contribution >= 4 is 22.4 Å². The maximum atomic E-state index is 11.7. The van der Waals surface area contributed by atoms with Crippen LogP contribution in [0.2, 0.25) is 0 Å². The lowest BCUT2D eigenvalue weighted by Crippen LogP contribution is -1.99. The van der Waals surface area contributed by atoms with Crippen LogP contribution in [0.25, 0.3) is 10.9 Å². The van der Waals surface area contributed by atoms with Gasteiger partial charge in [-0.3, -0.25) is 4.79 Å². The van der Waals surface area contributed by atoms with E-state index in [0.29, 0.717) is 0 Å². The van der Waals surface area contributed by atoms with Gasteiger partial charge in [-0.15, -0.1) is 0 Å². The Morgan fingerprint density at radius 1 is 1.14 bits per heavy atom. The van der Waals surface area contributed by atoms with Crippen molar-refractivity contribution in [2.24, 2.45) is 7.05 Å². The lowest BCUT2D eigenvalue weighted by atomic mass is 10.1. The number of Topliss-reactive ketones (excluding diaryl/α,β-unsaturated/α-hetero) is 1. The highest BCUT2D eigenvalue weighted by atomic mass is 16.1. The van der Waals surface area contributed by atoms with E-state index >= 15 is 0 Å². The van der Waals surface area contributed by atoms with Crippen molar-refractivity contribution in [3.63, 3.8) is 0 Å². The molecule has 0 atom stereocenters. The molecule has 1 aromatic heterocycles. The van der Waals surface area contributed by atoms with Gasteiger partial charge in [-0.25, -0.2) is 0 Å². The maximum absolute atomic E-state index is 11.7. The second-order valence-electron chi connectivity index (χ2n) is 5.28. The largest absolute Gasteiger partial charge is 0.381 e. The van der Waals surface area contributed by atoms with Gasteiger partial charge >= 0.3 is 0 Å². The number of fused-ring (bicyclic) bond motifs is 1. The summed E-state index contributed by atoms with van der Waals surface area (Å²) < 4.78 is 1.99. The van der Waals surface area contributed by atoms with Gasteiger partial charge in [0, 0.05) is 41.9 Å². The molecule has 0 aliphatic heterocycles. The summed E-state index contributed by atoms with van der Waals surface area (Å²) >= 11 is 0. The number of aryl methyl sites for hydroxylation is 1. The van der Waals surface area contributed by atoms with Crippen LogP contribution in [0, 0.1) is 0 Å². The highest BCUT2D eigenvalue weighted by Gasteiger charge is 2.10. The maximum Gasteiger partial charge on any atom is 0.161 e. The molecule has 0 aliphatic rings.